The van der Waals surface area contributed by atoms with E-state index in [9.17, 15) is 10.2 Å². The Morgan fingerprint density at radius 3 is 2.58 bits per heavy atom. The van der Waals surface area contributed by atoms with E-state index in [0.717, 1.165) is 59.3 Å². The molecule has 0 amide bonds. The van der Waals surface area contributed by atoms with E-state index >= 15 is 0 Å². The molecule has 3 aliphatic rings. The zero-order valence-electron chi connectivity index (χ0n) is 24.1. The van der Waals surface area contributed by atoms with E-state index < -0.39 is 12.2 Å². The van der Waals surface area contributed by atoms with Gasteiger partial charge in [0.25, 0.3) is 0 Å². The first kappa shape index (κ1) is 28.9. The van der Waals surface area contributed by atoms with E-state index in [1.54, 1.807) is 0 Å². The lowest BCUT2D eigenvalue weighted by Gasteiger charge is -2.38. The number of ether oxygens (including phenoxy) is 2. The smallest absolute Gasteiger partial charge is 0.0848 e. The van der Waals surface area contributed by atoms with Crippen molar-refractivity contribution in [3.8, 4) is 0 Å². The highest BCUT2D eigenvalue weighted by molar-refractivity contribution is 5.74. The lowest BCUT2D eigenvalue weighted by Crippen LogP contribution is -2.30. The highest BCUT2D eigenvalue weighted by Crippen LogP contribution is 2.48. The van der Waals surface area contributed by atoms with Crippen LogP contribution in [0, 0.1) is 10.8 Å². The van der Waals surface area contributed by atoms with Gasteiger partial charge in [-0.3, -0.25) is 4.98 Å². The van der Waals surface area contributed by atoms with Crippen LogP contribution in [0.15, 0.2) is 42.5 Å². The molecule has 1 fully saturated rings. The second-order valence-electron chi connectivity index (χ2n) is 12.9. The van der Waals surface area contributed by atoms with Gasteiger partial charge < -0.3 is 19.7 Å². The molecule has 1 saturated heterocycles. The second kappa shape index (κ2) is 12.0. The Labute approximate surface area is 229 Å². The Hall–Kier alpha value is -2.05. The summed E-state index contributed by atoms with van der Waals surface area (Å²) in [5, 5.41) is 23.4. The molecule has 3 heterocycles. The molecule has 1 aliphatic carbocycles. The number of aromatic nitrogens is 1. The van der Waals surface area contributed by atoms with E-state index in [-0.39, 0.29) is 16.7 Å². The maximum absolute atomic E-state index is 11.9. The van der Waals surface area contributed by atoms with Crippen LogP contribution >= 0.6 is 0 Å². The topological polar surface area (TPSA) is 71.8 Å². The van der Waals surface area contributed by atoms with E-state index in [1.807, 2.05) is 12.2 Å². The molecule has 1 aromatic heterocycles. The summed E-state index contributed by atoms with van der Waals surface area (Å²) < 4.78 is 11.4. The third kappa shape index (κ3) is 6.56. The molecule has 208 valence electrons. The molecule has 4 rings (SSSR count). The molecule has 0 radical (unpaired) electrons. The number of rotatable bonds is 7. The molecule has 5 nitrogen and oxygen atoms in total. The Balaban J connectivity index is 1.86. The SMILES string of the molecule is C=C/C=C(\C=C/CC(O)c1c(C2CCOCC2)nc2c(c1C1=CCOCC1)C(O)CC(C)(C)C2)C(C)(C)C. The number of fused-ring (bicyclic) bond motifs is 1. The highest BCUT2D eigenvalue weighted by Gasteiger charge is 2.38. The summed E-state index contributed by atoms with van der Waals surface area (Å²) >= 11 is 0. The van der Waals surface area contributed by atoms with Gasteiger partial charge in [0.05, 0.1) is 31.1 Å². The third-order valence-electron chi connectivity index (χ3n) is 8.15. The minimum absolute atomic E-state index is 0.0226. The fraction of sp³-hybridized carbons (Fsp3) is 0.606. The Morgan fingerprint density at radius 1 is 1.21 bits per heavy atom. The predicted octanol–water partition coefficient (Wildman–Crippen LogP) is 6.92. The number of hydrogen-bond acceptors (Lipinski definition) is 5. The zero-order chi connectivity index (χ0) is 27.5. The van der Waals surface area contributed by atoms with Crippen LogP contribution in [0.5, 0.6) is 0 Å². The van der Waals surface area contributed by atoms with Crippen molar-refractivity contribution in [1.82, 2.24) is 4.98 Å². The van der Waals surface area contributed by atoms with Crippen LogP contribution in [0.4, 0.5) is 0 Å². The van der Waals surface area contributed by atoms with Crippen LogP contribution in [0.3, 0.4) is 0 Å². The van der Waals surface area contributed by atoms with Crippen molar-refractivity contribution in [2.45, 2.75) is 91.3 Å². The molecule has 1 aromatic rings. The van der Waals surface area contributed by atoms with Gasteiger partial charge in [0.2, 0.25) is 0 Å². The quantitative estimate of drug-likeness (QED) is 0.381. The molecule has 0 aromatic carbocycles. The molecule has 38 heavy (non-hydrogen) atoms. The average Bonchev–Trinajstić information content (AvgIpc) is 2.86. The number of aliphatic hydroxyl groups excluding tert-OH is 2. The lowest BCUT2D eigenvalue weighted by molar-refractivity contribution is 0.0818. The Morgan fingerprint density at radius 2 is 1.95 bits per heavy atom. The van der Waals surface area contributed by atoms with Crippen LogP contribution < -0.4 is 0 Å². The summed E-state index contributed by atoms with van der Waals surface area (Å²) in [6.07, 6.45) is 13.4. The summed E-state index contributed by atoms with van der Waals surface area (Å²) in [5.41, 5.74) is 7.13. The molecular formula is C33H47NO4. The molecule has 2 atom stereocenters. The second-order valence-corrected chi connectivity index (χ2v) is 12.9. The van der Waals surface area contributed by atoms with E-state index in [4.69, 9.17) is 14.5 Å². The van der Waals surface area contributed by atoms with Gasteiger partial charge in [-0.1, -0.05) is 71.6 Å². The fourth-order valence-corrected chi connectivity index (χ4v) is 6.17. The molecule has 5 heteroatoms. The lowest BCUT2D eigenvalue weighted by atomic mass is 9.71. The van der Waals surface area contributed by atoms with Gasteiger partial charge in [0.1, 0.15) is 0 Å². The van der Waals surface area contributed by atoms with Gasteiger partial charge in [0, 0.05) is 36.0 Å². The number of aliphatic hydroxyl groups is 2. The van der Waals surface area contributed by atoms with Crippen molar-refractivity contribution in [2.24, 2.45) is 10.8 Å². The van der Waals surface area contributed by atoms with Crippen molar-refractivity contribution in [3.05, 3.63) is 70.6 Å². The minimum atomic E-state index is -0.729. The molecule has 0 spiro atoms. The number of hydrogen-bond donors (Lipinski definition) is 2. The molecule has 0 saturated carbocycles. The fourth-order valence-electron chi connectivity index (χ4n) is 6.17. The van der Waals surface area contributed by atoms with Crippen LogP contribution in [0.1, 0.15) is 113 Å². The largest absolute Gasteiger partial charge is 0.388 e. The molecule has 2 unspecified atom stereocenters. The van der Waals surface area contributed by atoms with Gasteiger partial charge >= 0.3 is 0 Å². The summed E-state index contributed by atoms with van der Waals surface area (Å²) in [7, 11) is 0. The first-order chi connectivity index (χ1) is 18.0. The van der Waals surface area contributed by atoms with Crippen molar-refractivity contribution in [2.75, 3.05) is 26.4 Å². The van der Waals surface area contributed by atoms with Gasteiger partial charge in [-0.15, -0.1) is 0 Å². The molecule has 2 N–H and O–H groups in total. The summed E-state index contributed by atoms with van der Waals surface area (Å²) in [6, 6.07) is 0. The summed E-state index contributed by atoms with van der Waals surface area (Å²) in [6.45, 7) is 17.4. The van der Waals surface area contributed by atoms with Gasteiger partial charge in [-0.05, 0) is 66.1 Å². The van der Waals surface area contributed by atoms with Crippen molar-refractivity contribution in [1.29, 1.82) is 0 Å². The van der Waals surface area contributed by atoms with Crippen molar-refractivity contribution < 1.29 is 19.7 Å². The number of pyridine rings is 1. The maximum Gasteiger partial charge on any atom is 0.0848 e. The van der Waals surface area contributed by atoms with Crippen LogP contribution in [0.2, 0.25) is 0 Å². The average molecular weight is 522 g/mol. The van der Waals surface area contributed by atoms with Crippen molar-refractivity contribution >= 4 is 5.57 Å². The standard InChI is InChI=1S/C33H47NO4/c1-7-9-24(32(2,3)4)10-8-11-26(35)30-28(22-12-16-37-17-13-22)29-25(20-33(5,6)21-27(29)36)34-31(30)23-14-18-38-19-15-23/h7-10,12,23,26-27,35-36H,1,11,13-21H2,2-6H3/b10-8-,24-9+. The first-order valence-corrected chi connectivity index (χ1v) is 14.3. The summed E-state index contributed by atoms with van der Waals surface area (Å²) in [5.74, 6) is 0.231. The van der Waals surface area contributed by atoms with E-state index in [1.165, 1.54) is 5.57 Å². The summed E-state index contributed by atoms with van der Waals surface area (Å²) in [4.78, 5) is 5.29. The van der Waals surface area contributed by atoms with E-state index in [0.29, 0.717) is 39.3 Å². The zero-order valence-corrected chi connectivity index (χ0v) is 24.1. The Kier molecular flexibility index (Phi) is 9.14. The van der Waals surface area contributed by atoms with E-state index in [2.05, 4.69) is 59.4 Å². The van der Waals surface area contributed by atoms with Gasteiger partial charge in [-0.25, -0.2) is 0 Å². The molecule has 2 aliphatic heterocycles. The van der Waals surface area contributed by atoms with Gasteiger partial charge in [0.15, 0.2) is 0 Å². The molecular weight excluding hydrogens is 474 g/mol. The van der Waals surface area contributed by atoms with Crippen molar-refractivity contribution in [3.63, 3.8) is 0 Å². The first-order valence-electron chi connectivity index (χ1n) is 14.3. The minimum Gasteiger partial charge on any atom is -0.388 e. The van der Waals surface area contributed by atoms with Crippen LogP contribution in [-0.2, 0) is 15.9 Å². The monoisotopic (exact) mass is 521 g/mol. The number of nitrogens with zero attached hydrogens (tertiary/aromatic N) is 1. The normalized spacial score (nSPS) is 23.7. The predicted molar refractivity (Wildman–Crippen MR) is 154 cm³/mol. The Bertz CT molecular complexity index is 1100. The van der Waals surface area contributed by atoms with Gasteiger partial charge in [-0.2, -0.15) is 0 Å². The maximum atomic E-state index is 11.9. The third-order valence-corrected chi connectivity index (χ3v) is 8.15. The van der Waals surface area contributed by atoms with Crippen LogP contribution in [0.25, 0.3) is 5.57 Å². The van der Waals surface area contributed by atoms with Crippen LogP contribution in [-0.4, -0.2) is 41.6 Å². The highest BCUT2D eigenvalue weighted by atomic mass is 16.5. The molecule has 0 bridgehead atoms. The number of allylic oxidation sites excluding steroid dienone is 4.